The molecule has 2 aromatic carbocycles. The van der Waals surface area contributed by atoms with Crippen molar-refractivity contribution in [3.05, 3.63) is 64.8 Å². The number of anilines is 4. The first-order valence-corrected chi connectivity index (χ1v) is 10.9. The van der Waals surface area contributed by atoms with Crippen LogP contribution in [-0.4, -0.2) is 24.9 Å². The van der Waals surface area contributed by atoms with Gasteiger partial charge in [0, 0.05) is 34.2 Å². The summed E-state index contributed by atoms with van der Waals surface area (Å²) in [7, 11) is -3.68. The highest BCUT2D eigenvalue weighted by molar-refractivity contribution is 9.10. The molecule has 0 saturated heterocycles. The molecule has 3 rings (SSSR count). The molecule has 3 N–H and O–H groups in total. The quantitative estimate of drug-likeness (QED) is 0.478. The van der Waals surface area contributed by atoms with Gasteiger partial charge in [-0.25, -0.2) is 13.4 Å². The van der Waals surface area contributed by atoms with Crippen LogP contribution in [-0.2, 0) is 10.0 Å². The van der Waals surface area contributed by atoms with E-state index in [0.717, 1.165) is 17.9 Å². The SMILES string of the molecule is CCNc1nc(C)cc(Nc2ccc(NS(=O)(=O)c3ccccc3Br)cc2)n1. The summed E-state index contributed by atoms with van der Waals surface area (Å²) in [5.41, 5.74) is 2.09. The number of halogens is 1. The van der Waals surface area contributed by atoms with Gasteiger partial charge in [0.1, 0.15) is 10.7 Å². The fraction of sp³-hybridized carbons (Fsp3) is 0.158. The van der Waals surface area contributed by atoms with Crippen LogP contribution >= 0.6 is 15.9 Å². The summed E-state index contributed by atoms with van der Waals surface area (Å²) >= 11 is 3.27. The lowest BCUT2D eigenvalue weighted by molar-refractivity contribution is 0.601. The number of sulfonamides is 1. The molecule has 0 aliphatic carbocycles. The van der Waals surface area contributed by atoms with Gasteiger partial charge in [-0.1, -0.05) is 12.1 Å². The van der Waals surface area contributed by atoms with Crippen LogP contribution in [0.1, 0.15) is 12.6 Å². The van der Waals surface area contributed by atoms with E-state index >= 15 is 0 Å². The zero-order valence-corrected chi connectivity index (χ0v) is 17.8. The third kappa shape index (κ3) is 4.99. The van der Waals surface area contributed by atoms with E-state index in [9.17, 15) is 8.42 Å². The fourth-order valence-electron chi connectivity index (χ4n) is 2.51. The summed E-state index contributed by atoms with van der Waals surface area (Å²) in [4.78, 5) is 8.90. The van der Waals surface area contributed by atoms with Gasteiger partial charge in [0.05, 0.1) is 0 Å². The predicted octanol–water partition coefficient (Wildman–Crippen LogP) is 4.52. The zero-order chi connectivity index (χ0) is 20.1. The molecule has 0 aliphatic heterocycles. The van der Waals surface area contributed by atoms with Crippen molar-refractivity contribution in [3.63, 3.8) is 0 Å². The Hall–Kier alpha value is -2.65. The first-order chi connectivity index (χ1) is 13.4. The molecule has 0 saturated carbocycles. The molecule has 1 heterocycles. The zero-order valence-electron chi connectivity index (χ0n) is 15.4. The smallest absolute Gasteiger partial charge is 0.263 e. The van der Waals surface area contributed by atoms with Crippen LogP contribution < -0.4 is 15.4 Å². The first-order valence-electron chi connectivity index (χ1n) is 8.61. The number of nitrogens with zero attached hydrogens (tertiary/aromatic N) is 2. The molecular formula is C19H20BrN5O2S. The number of hydrogen-bond donors (Lipinski definition) is 3. The van der Waals surface area contributed by atoms with Crippen molar-refractivity contribution < 1.29 is 8.42 Å². The van der Waals surface area contributed by atoms with Gasteiger partial charge < -0.3 is 10.6 Å². The van der Waals surface area contributed by atoms with E-state index in [1.165, 1.54) is 0 Å². The summed E-state index contributed by atoms with van der Waals surface area (Å²) < 4.78 is 28.2. The number of nitrogens with one attached hydrogen (secondary N) is 3. The molecule has 7 nitrogen and oxygen atoms in total. The second-order valence-corrected chi connectivity index (χ2v) is 8.49. The minimum Gasteiger partial charge on any atom is -0.354 e. The molecule has 0 unspecified atom stereocenters. The van der Waals surface area contributed by atoms with Crippen LogP contribution in [0.2, 0.25) is 0 Å². The molecule has 0 spiro atoms. The van der Waals surface area contributed by atoms with Gasteiger partial charge in [-0.3, -0.25) is 4.72 Å². The van der Waals surface area contributed by atoms with Crippen molar-refractivity contribution >= 4 is 49.1 Å². The largest absolute Gasteiger partial charge is 0.354 e. The van der Waals surface area contributed by atoms with E-state index < -0.39 is 10.0 Å². The molecule has 0 bridgehead atoms. The normalized spacial score (nSPS) is 11.1. The Morgan fingerprint density at radius 3 is 2.36 bits per heavy atom. The Labute approximate surface area is 172 Å². The van der Waals surface area contributed by atoms with Gasteiger partial charge in [0.15, 0.2) is 0 Å². The minimum absolute atomic E-state index is 0.185. The summed E-state index contributed by atoms with van der Waals surface area (Å²) in [6, 6.07) is 15.5. The van der Waals surface area contributed by atoms with E-state index in [2.05, 4.69) is 41.3 Å². The summed E-state index contributed by atoms with van der Waals surface area (Å²) in [6.07, 6.45) is 0. The molecule has 0 radical (unpaired) electrons. The average Bonchev–Trinajstić information content (AvgIpc) is 2.63. The second kappa shape index (κ2) is 8.57. The fourth-order valence-corrected chi connectivity index (χ4v) is 4.57. The van der Waals surface area contributed by atoms with E-state index in [4.69, 9.17) is 0 Å². The number of rotatable bonds is 7. The summed E-state index contributed by atoms with van der Waals surface area (Å²) in [5.74, 6) is 1.22. The standard InChI is InChI=1S/C19H20BrN5O2S/c1-3-21-19-22-13(2)12-18(24-19)23-14-8-10-15(11-9-14)25-28(26,27)17-7-5-4-6-16(17)20/h4-12,25H,3H2,1-2H3,(H2,21,22,23,24). The molecule has 3 aromatic rings. The van der Waals surface area contributed by atoms with E-state index in [0.29, 0.717) is 21.9 Å². The van der Waals surface area contributed by atoms with Crippen molar-refractivity contribution in [2.75, 3.05) is 21.9 Å². The van der Waals surface area contributed by atoms with E-state index in [1.54, 1.807) is 48.5 Å². The molecule has 0 amide bonds. The number of aromatic nitrogens is 2. The highest BCUT2D eigenvalue weighted by atomic mass is 79.9. The Balaban J connectivity index is 1.75. The Bertz CT molecular complexity index is 1070. The lowest BCUT2D eigenvalue weighted by atomic mass is 10.3. The second-order valence-electron chi connectivity index (χ2n) is 5.99. The lowest BCUT2D eigenvalue weighted by Crippen LogP contribution is -2.13. The maximum absolute atomic E-state index is 12.6. The molecule has 146 valence electrons. The first kappa shape index (κ1) is 20.1. The molecule has 28 heavy (non-hydrogen) atoms. The monoisotopic (exact) mass is 461 g/mol. The van der Waals surface area contributed by atoms with Crippen molar-refractivity contribution in [2.24, 2.45) is 0 Å². The van der Waals surface area contributed by atoms with Crippen LogP contribution in [0.15, 0.2) is 64.0 Å². The van der Waals surface area contributed by atoms with Crippen molar-refractivity contribution in [1.82, 2.24) is 9.97 Å². The Kier molecular flexibility index (Phi) is 6.15. The minimum atomic E-state index is -3.68. The molecule has 0 atom stereocenters. The molecule has 0 fully saturated rings. The highest BCUT2D eigenvalue weighted by Gasteiger charge is 2.17. The maximum atomic E-state index is 12.6. The van der Waals surface area contributed by atoms with Crippen molar-refractivity contribution in [2.45, 2.75) is 18.7 Å². The third-order valence-electron chi connectivity index (χ3n) is 3.72. The van der Waals surface area contributed by atoms with Crippen LogP contribution in [0.5, 0.6) is 0 Å². The van der Waals surface area contributed by atoms with Gasteiger partial charge in [-0.05, 0) is 66.2 Å². The van der Waals surface area contributed by atoms with Crippen molar-refractivity contribution in [1.29, 1.82) is 0 Å². The summed E-state index contributed by atoms with van der Waals surface area (Å²) in [6.45, 7) is 4.61. The van der Waals surface area contributed by atoms with Crippen LogP contribution in [0.25, 0.3) is 0 Å². The van der Waals surface area contributed by atoms with Gasteiger partial charge in [-0.2, -0.15) is 4.98 Å². The Morgan fingerprint density at radius 2 is 1.68 bits per heavy atom. The molecular weight excluding hydrogens is 442 g/mol. The van der Waals surface area contributed by atoms with E-state index in [1.807, 2.05) is 19.9 Å². The maximum Gasteiger partial charge on any atom is 0.263 e. The van der Waals surface area contributed by atoms with Gasteiger partial charge >= 0.3 is 0 Å². The molecule has 0 aliphatic rings. The average molecular weight is 462 g/mol. The summed E-state index contributed by atoms with van der Waals surface area (Å²) in [5, 5.41) is 6.29. The van der Waals surface area contributed by atoms with Crippen LogP contribution in [0, 0.1) is 6.92 Å². The highest BCUT2D eigenvalue weighted by Crippen LogP contribution is 2.25. The molecule has 1 aromatic heterocycles. The number of aryl methyl sites for hydroxylation is 1. The Morgan fingerprint density at radius 1 is 1.00 bits per heavy atom. The number of benzene rings is 2. The lowest BCUT2D eigenvalue weighted by Gasteiger charge is -2.11. The topological polar surface area (TPSA) is 96.0 Å². The number of hydrogen-bond acceptors (Lipinski definition) is 6. The van der Waals surface area contributed by atoms with Gasteiger partial charge in [0.25, 0.3) is 10.0 Å². The predicted molar refractivity (Wildman–Crippen MR) is 116 cm³/mol. The third-order valence-corrected chi connectivity index (χ3v) is 6.12. The van der Waals surface area contributed by atoms with Gasteiger partial charge in [-0.15, -0.1) is 0 Å². The van der Waals surface area contributed by atoms with Gasteiger partial charge in [0.2, 0.25) is 5.95 Å². The van der Waals surface area contributed by atoms with E-state index in [-0.39, 0.29) is 4.90 Å². The molecule has 9 heteroatoms. The van der Waals surface area contributed by atoms with Crippen LogP contribution in [0.3, 0.4) is 0 Å². The van der Waals surface area contributed by atoms with Crippen LogP contribution in [0.4, 0.5) is 23.1 Å². The van der Waals surface area contributed by atoms with Crippen molar-refractivity contribution in [3.8, 4) is 0 Å².